The molecule has 0 aliphatic rings. The van der Waals surface area contributed by atoms with Crippen LogP contribution in [0.2, 0.25) is 0 Å². The number of pyridine rings is 1. The minimum Gasteiger partial charge on any atom is -0.476 e. The number of carboxylic acid groups (broad SMARTS) is 1. The number of carbonyl (C=O) groups is 1. The predicted octanol–water partition coefficient (Wildman–Crippen LogP) is 2.37. The van der Waals surface area contributed by atoms with Crippen LogP contribution in [0.25, 0.3) is 10.6 Å². The van der Waals surface area contributed by atoms with Gasteiger partial charge in [0.15, 0.2) is 17.3 Å². The van der Waals surface area contributed by atoms with Gasteiger partial charge in [0.25, 0.3) is 0 Å². The molecule has 0 spiro atoms. The van der Waals surface area contributed by atoms with E-state index in [0.29, 0.717) is 4.88 Å². The summed E-state index contributed by atoms with van der Waals surface area (Å²) in [6.07, 6.45) is 0. The van der Waals surface area contributed by atoms with Crippen LogP contribution in [0.15, 0.2) is 17.5 Å². The monoisotopic (exact) mass is 256 g/mol. The van der Waals surface area contributed by atoms with Crippen molar-refractivity contribution in [2.24, 2.45) is 0 Å². The van der Waals surface area contributed by atoms with Crippen molar-refractivity contribution in [2.45, 2.75) is 0 Å². The minimum absolute atomic E-state index is 0.253. The molecule has 0 aromatic carbocycles. The Morgan fingerprint density at radius 1 is 1.41 bits per heavy atom. The molecule has 0 bridgehead atoms. The van der Waals surface area contributed by atoms with E-state index < -0.39 is 29.0 Å². The third kappa shape index (κ3) is 1.84. The number of nitrogen functional groups attached to an aromatic ring is 1. The molecule has 0 radical (unpaired) electrons. The van der Waals surface area contributed by atoms with E-state index in [4.69, 9.17) is 10.8 Å². The van der Waals surface area contributed by atoms with Gasteiger partial charge in [0.05, 0.1) is 4.88 Å². The SMILES string of the molecule is Nc1c(F)c(C(=O)O)nc(-c2cccs2)c1F. The molecule has 2 rings (SSSR count). The topological polar surface area (TPSA) is 76.2 Å². The number of nitrogens with two attached hydrogens (primary N) is 1. The molecule has 7 heteroatoms. The van der Waals surface area contributed by atoms with Crippen LogP contribution in [0.5, 0.6) is 0 Å². The largest absolute Gasteiger partial charge is 0.476 e. The fraction of sp³-hybridized carbons (Fsp3) is 0. The van der Waals surface area contributed by atoms with Crippen LogP contribution in [-0.4, -0.2) is 16.1 Å². The Kier molecular flexibility index (Phi) is 2.76. The summed E-state index contributed by atoms with van der Waals surface area (Å²) in [5, 5.41) is 10.4. The van der Waals surface area contributed by atoms with Crippen molar-refractivity contribution in [2.75, 3.05) is 5.73 Å². The van der Waals surface area contributed by atoms with E-state index >= 15 is 0 Å². The molecular formula is C10H6F2N2O2S. The van der Waals surface area contributed by atoms with Gasteiger partial charge >= 0.3 is 5.97 Å². The van der Waals surface area contributed by atoms with Gasteiger partial charge in [-0.25, -0.2) is 18.6 Å². The lowest BCUT2D eigenvalue weighted by molar-refractivity contribution is 0.0685. The van der Waals surface area contributed by atoms with Crippen LogP contribution in [0.4, 0.5) is 14.5 Å². The second-order valence-corrected chi connectivity index (χ2v) is 4.08. The lowest BCUT2D eigenvalue weighted by Gasteiger charge is -2.06. The van der Waals surface area contributed by atoms with E-state index in [1.807, 2.05) is 0 Å². The van der Waals surface area contributed by atoms with E-state index in [9.17, 15) is 13.6 Å². The van der Waals surface area contributed by atoms with Gasteiger partial charge in [-0.1, -0.05) is 6.07 Å². The molecule has 2 aromatic rings. The molecule has 0 fully saturated rings. The van der Waals surface area contributed by atoms with Crippen molar-refractivity contribution in [1.29, 1.82) is 0 Å². The Bertz CT molecular complexity index is 584. The fourth-order valence-electron chi connectivity index (χ4n) is 1.28. The molecule has 2 aromatic heterocycles. The summed E-state index contributed by atoms with van der Waals surface area (Å²) in [6.45, 7) is 0. The zero-order valence-corrected chi connectivity index (χ0v) is 9.09. The maximum absolute atomic E-state index is 13.7. The van der Waals surface area contributed by atoms with Crippen LogP contribution in [0, 0.1) is 11.6 Å². The molecule has 0 aliphatic heterocycles. The molecule has 0 unspecified atom stereocenters. The number of anilines is 1. The van der Waals surface area contributed by atoms with Crippen LogP contribution in [-0.2, 0) is 0 Å². The van der Waals surface area contributed by atoms with E-state index in [-0.39, 0.29) is 5.69 Å². The minimum atomic E-state index is -1.59. The summed E-state index contributed by atoms with van der Waals surface area (Å²) in [6, 6.07) is 3.18. The average Bonchev–Trinajstić information content (AvgIpc) is 2.79. The Hall–Kier alpha value is -2.02. The smallest absolute Gasteiger partial charge is 0.357 e. The Balaban J connectivity index is 2.73. The van der Waals surface area contributed by atoms with E-state index in [1.54, 1.807) is 17.5 Å². The number of hydrogen-bond acceptors (Lipinski definition) is 4. The fourth-order valence-corrected chi connectivity index (χ4v) is 1.99. The molecule has 0 atom stereocenters. The van der Waals surface area contributed by atoms with Crippen LogP contribution in [0.3, 0.4) is 0 Å². The van der Waals surface area contributed by atoms with Gasteiger partial charge in [-0.3, -0.25) is 0 Å². The zero-order valence-electron chi connectivity index (χ0n) is 8.28. The van der Waals surface area contributed by atoms with Crippen molar-refractivity contribution in [3.05, 3.63) is 34.8 Å². The quantitative estimate of drug-likeness (QED) is 0.864. The second-order valence-electron chi connectivity index (χ2n) is 3.13. The van der Waals surface area contributed by atoms with Crippen LogP contribution < -0.4 is 5.73 Å². The Labute approximate surface area is 98.3 Å². The number of aromatic carboxylic acids is 1. The first-order chi connectivity index (χ1) is 8.02. The number of aromatic nitrogens is 1. The number of carboxylic acids is 1. The maximum Gasteiger partial charge on any atom is 0.357 e. The summed E-state index contributed by atoms with van der Waals surface area (Å²) >= 11 is 1.15. The van der Waals surface area contributed by atoms with Gasteiger partial charge in [-0.05, 0) is 11.4 Å². The lowest BCUT2D eigenvalue weighted by Crippen LogP contribution is -2.10. The van der Waals surface area contributed by atoms with E-state index in [2.05, 4.69) is 4.98 Å². The standard InChI is InChI=1S/C10H6F2N2O2S/c11-5-7(13)6(12)9(10(15)16)14-8(5)4-2-1-3-17-4/h1-3H,(H2,13,14)(H,15,16). The van der Waals surface area contributed by atoms with Gasteiger partial charge in [-0.15, -0.1) is 11.3 Å². The van der Waals surface area contributed by atoms with Gasteiger partial charge in [-0.2, -0.15) is 0 Å². The molecule has 4 nitrogen and oxygen atoms in total. The normalized spacial score (nSPS) is 10.5. The molecule has 0 amide bonds. The van der Waals surface area contributed by atoms with Gasteiger partial charge in [0, 0.05) is 0 Å². The number of rotatable bonds is 2. The summed E-state index contributed by atoms with van der Waals surface area (Å²) < 4.78 is 27.0. The summed E-state index contributed by atoms with van der Waals surface area (Å²) in [5.74, 6) is -3.99. The molecule has 17 heavy (non-hydrogen) atoms. The lowest BCUT2D eigenvalue weighted by atomic mass is 10.2. The maximum atomic E-state index is 13.7. The summed E-state index contributed by atoms with van der Waals surface area (Å²) in [5.41, 5.74) is 3.21. The highest BCUT2D eigenvalue weighted by atomic mass is 32.1. The second kappa shape index (κ2) is 4.10. The highest BCUT2D eigenvalue weighted by Crippen LogP contribution is 2.30. The van der Waals surface area contributed by atoms with Gasteiger partial charge in [0.2, 0.25) is 0 Å². The number of hydrogen-bond donors (Lipinski definition) is 2. The van der Waals surface area contributed by atoms with Crippen molar-refractivity contribution in [3.8, 4) is 10.6 Å². The molecular weight excluding hydrogens is 250 g/mol. The predicted molar refractivity (Wildman–Crippen MR) is 58.8 cm³/mol. The third-order valence-corrected chi connectivity index (χ3v) is 2.95. The van der Waals surface area contributed by atoms with Crippen molar-refractivity contribution < 1.29 is 18.7 Å². The van der Waals surface area contributed by atoms with Crippen molar-refractivity contribution in [1.82, 2.24) is 4.98 Å². The van der Waals surface area contributed by atoms with Gasteiger partial charge in [0.1, 0.15) is 11.4 Å². The highest BCUT2D eigenvalue weighted by molar-refractivity contribution is 7.13. The zero-order chi connectivity index (χ0) is 12.6. The third-order valence-electron chi connectivity index (χ3n) is 2.07. The van der Waals surface area contributed by atoms with E-state index in [1.165, 1.54) is 0 Å². The molecule has 88 valence electrons. The van der Waals surface area contributed by atoms with Crippen molar-refractivity contribution >= 4 is 23.0 Å². The van der Waals surface area contributed by atoms with Crippen molar-refractivity contribution in [3.63, 3.8) is 0 Å². The van der Waals surface area contributed by atoms with Crippen LogP contribution >= 0.6 is 11.3 Å². The molecule has 2 heterocycles. The first-order valence-electron chi connectivity index (χ1n) is 4.44. The average molecular weight is 256 g/mol. The molecule has 3 N–H and O–H groups in total. The first kappa shape index (κ1) is 11.5. The first-order valence-corrected chi connectivity index (χ1v) is 5.32. The Morgan fingerprint density at radius 3 is 2.65 bits per heavy atom. The molecule has 0 saturated carbocycles. The van der Waals surface area contributed by atoms with Gasteiger partial charge < -0.3 is 10.8 Å². The molecule has 0 saturated heterocycles. The van der Waals surface area contributed by atoms with E-state index in [0.717, 1.165) is 11.3 Å². The Morgan fingerprint density at radius 2 is 2.12 bits per heavy atom. The summed E-state index contributed by atoms with van der Waals surface area (Å²) in [4.78, 5) is 14.6. The van der Waals surface area contributed by atoms with Crippen LogP contribution in [0.1, 0.15) is 10.5 Å². The number of thiophene rings is 1. The summed E-state index contributed by atoms with van der Waals surface area (Å²) in [7, 11) is 0. The molecule has 0 aliphatic carbocycles. The highest BCUT2D eigenvalue weighted by Gasteiger charge is 2.23. The number of nitrogens with zero attached hydrogens (tertiary/aromatic N) is 1. The number of halogens is 2.